The highest BCUT2D eigenvalue weighted by Crippen LogP contribution is 2.24. The van der Waals surface area contributed by atoms with Crippen molar-refractivity contribution in [3.63, 3.8) is 0 Å². The van der Waals surface area contributed by atoms with E-state index in [1.54, 1.807) is 6.07 Å². The van der Waals surface area contributed by atoms with Crippen LogP contribution in [0.1, 0.15) is 60.4 Å². The van der Waals surface area contributed by atoms with Crippen molar-refractivity contribution in [3.05, 3.63) is 29.6 Å². The average molecular weight is 290 g/mol. The van der Waals surface area contributed by atoms with Crippen LogP contribution in [0.4, 0.5) is 0 Å². The summed E-state index contributed by atoms with van der Waals surface area (Å²) in [6.45, 7) is 5.07. The average Bonchev–Trinajstić information content (AvgIpc) is 2.46. The first-order valence-corrected chi connectivity index (χ1v) is 7.49. The van der Waals surface area contributed by atoms with Crippen LogP contribution in [0.25, 0.3) is 0 Å². The molecule has 1 aromatic heterocycles. The van der Waals surface area contributed by atoms with Crippen molar-refractivity contribution in [2.75, 3.05) is 6.54 Å². The van der Waals surface area contributed by atoms with Gasteiger partial charge in [-0.2, -0.15) is 0 Å². The van der Waals surface area contributed by atoms with E-state index in [1.165, 1.54) is 12.3 Å². The van der Waals surface area contributed by atoms with Crippen LogP contribution in [0, 0.1) is 5.92 Å². The summed E-state index contributed by atoms with van der Waals surface area (Å²) in [5.74, 6) is -0.650. The van der Waals surface area contributed by atoms with Crippen molar-refractivity contribution in [2.24, 2.45) is 5.92 Å². The van der Waals surface area contributed by atoms with Gasteiger partial charge >= 0.3 is 5.97 Å². The molecule has 1 unspecified atom stereocenters. The minimum atomic E-state index is -1.11. The van der Waals surface area contributed by atoms with Crippen LogP contribution >= 0.6 is 0 Å². The highest BCUT2D eigenvalue weighted by molar-refractivity contribution is 5.96. The van der Waals surface area contributed by atoms with Crippen LogP contribution in [0.5, 0.6) is 0 Å². The predicted molar refractivity (Wildman–Crippen MR) is 79.3 cm³/mol. The lowest BCUT2D eigenvalue weighted by Gasteiger charge is -2.37. The zero-order valence-electron chi connectivity index (χ0n) is 12.6. The molecule has 1 aromatic rings. The van der Waals surface area contributed by atoms with Gasteiger partial charge in [0.25, 0.3) is 5.91 Å². The summed E-state index contributed by atoms with van der Waals surface area (Å²) in [5, 5.41) is 8.98. The molecule has 114 valence electrons. The monoisotopic (exact) mass is 290 g/mol. The normalized spacial score (nSPS) is 18.8. The molecule has 0 saturated carbocycles. The van der Waals surface area contributed by atoms with Gasteiger partial charge in [-0.3, -0.25) is 4.79 Å². The number of likely N-dealkylation sites (tertiary alicyclic amines) is 1. The number of rotatable bonds is 4. The van der Waals surface area contributed by atoms with Crippen molar-refractivity contribution < 1.29 is 14.7 Å². The quantitative estimate of drug-likeness (QED) is 0.925. The lowest BCUT2D eigenvalue weighted by molar-refractivity contribution is 0.0584. The van der Waals surface area contributed by atoms with Crippen LogP contribution in [0.2, 0.25) is 0 Å². The number of hydrogen-bond acceptors (Lipinski definition) is 3. The summed E-state index contributed by atoms with van der Waals surface area (Å²) >= 11 is 0. The van der Waals surface area contributed by atoms with Crippen molar-refractivity contribution in [1.29, 1.82) is 0 Å². The molecule has 1 aliphatic rings. The molecular weight excluding hydrogens is 268 g/mol. The standard InChI is InChI=1S/C16H22N2O3/c1-11(2)9-13-5-3-4-8-18(13)15(19)12-6-7-17-14(10-12)16(20)21/h6-7,10-11,13H,3-5,8-9H2,1-2H3,(H,20,21). The van der Waals surface area contributed by atoms with Gasteiger partial charge in [-0.05, 0) is 43.7 Å². The number of carbonyl (C=O) groups excluding carboxylic acids is 1. The first kappa shape index (κ1) is 15.5. The topological polar surface area (TPSA) is 70.5 Å². The van der Waals surface area contributed by atoms with Gasteiger partial charge in [0.2, 0.25) is 0 Å². The number of pyridine rings is 1. The Bertz CT molecular complexity index is 528. The summed E-state index contributed by atoms with van der Waals surface area (Å²) in [7, 11) is 0. The van der Waals surface area contributed by atoms with E-state index in [1.807, 2.05) is 4.90 Å². The van der Waals surface area contributed by atoms with E-state index in [2.05, 4.69) is 18.8 Å². The van der Waals surface area contributed by atoms with E-state index >= 15 is 0 Å². The maximum absolute atomic E-state index is 12.7. The van der Waals surface area contributed by atoms with Crippen molar-refractivity contribution in [2.45, 2.75) is 45.6 Å². The lowest BCUT2D eigenvalue weighted by atomic mass is 9.93. The minimum Gasteiger partial charge on any atom is -0.477 e. The molecule has 5 nitrogen and oxygen atoms in total. The van der Waals surface area contributed by atoms with Crippen LogP contribution in [-0.2, 0) is 0 Å². The zero-order chi connectivity index (χ0) is 15.4. The number of piperidine rings is 1. The smallest absolute Gasteiger partial charge is 0.354 e. The Kier molecular flexibility index (Phi) is 4.94. The number of aromatic nitrogens is 1. The van der Waals surface area contributed by atoms with Gasteiger partial charge in [-0.25, -0.2) is 9.78 Å². The molecule has 1 saturated heterocycles. The molecule has 5 heteroatoms. The third kappa shape index (κ3) is 3.80. The number of carboxylic acid groups (broad SMARTS) is 1. The summed E-state index contributed by atoms with van der Waals surface area (Å²) in [4.78, 5) is 29.3. The van der Waals surface area contributed by atoms with Gasteiger partial charge in [0.05, 0.1) is 0 Å². The number of carbonyl (C=O) groups is 2. The SMILES string of the molecule is CC(C)CC1CCCCN1C(=O)c1ccnc(C(=O)O)c1. The Morgan fingerprint density at radius 3 is 2.86 bits per heavy atom. The van der Waals surface area contributed by atoms with Gasteiger partial charge in [0, 0.05) is 24.3 Å². The van der Waals surface area contributed by atoms with Crippen LogP contribution in [0.15, 0.2) is 18.3 Å². The molecule has 1 fully saturated rings. The largest absolute Gasteiger partial charge is 0.477 e. The summed E-state index contributed by atoms with van der Waals surface area (Å²) in [6, 6.07) is 3.22. The van der Waals surface area contributed by atoms with E-state index in [9.17, 15) is 9.59 Å². The Balaban J connectivity index is 2.20. The first-order valence-electron chi connectivity index (χ1n) is 7.49. The van der Waals surface area contributed by atoms with E-state index < -0.39 is 5.97 Å². The molecule has 1 amide bonds. The van der Waals surface area contributed by atoms with Gasteiger partial charge in [0.15, 0.2) is 0 Å². The third-order valence-corrected chi connectivity index (χ3v) is 3.86. The number of hydrogen-bond donors (Lipinski definition) is 1. The Hall–Kier alpha value is -1.91. The first-order chi connectivity index (χ1) is 9.99. The van der Waals surface area contributed by atoms with Crippen molar-refractivity contribution in [1.82, 2.24) is 9.88 Å². The molecule has 1 aliphatic heterocycles. The molecule has 1 N–H and O–H groups in total. The zero-order valence-corrected chi connectivity index (χ0v) is 12.6. The van der Waals surface area contributed by atoms with Crippen LogP contribution < -0.4 is 0 Å². The number of carboxylic acids is 1. The minimum absolute atomic E-state index is 0.0785. The fraction of sp³-hybridized carbons (Fsp3) is 0.562. The molecule has 0 aromatic carbocycles. The summed E-state index contributed by atoms with van der Waals surface area (Å²) < 4.78 is 0. The molecular formula is C16H22N2O3. The maximum atomic E-state index is 12.7. The Morgan fingerprint density at radius 1 is 1.43 bits per heavy atom. The molecule has 2 rings (SSSR count). The lowest BCUT2D eigenvalue weighted by Crippen LogP contribution is -2.44. The molecule has 0 bridgehead atoms. The van der Waals surface area contributed by atoms with Crippen molar-refractivity contribution >= 4 is 11.9 Å². The van der Waals surface area contributed by atoms with Crippen LogP contribution in [0.3, 0.4) is 0 Å². The fourth-order valence-corrected chi connectivity index (χ4v) is 2.90. The predicted octanol–water partition coefficient (Wildman–Crippen LogP) is 2.82. The van der Waals surface area contributed by atoms with E-state index in [0.717, 1.165) is 32.2 Å². The molecule has 0 spiro atoms. The van der Waals surface area contributed by atoms with E-state index in [0.29, 0.717) is 11.5 Å². The van der Waals surface area contributed by atoms with Crippen LogP contribution in [-0.4, -0.2) is 39.5 Å². The third-order valence-electron chi connectivity index (χ3n) is 3.86. The number of nitrogens with zero attached hydrogens (tertiary/aromatic N) is 2. The van der Waals surface area contributed by atoms with Gasteiger partial charge in [-0.15, -0.1) is 0 Å². The second-order valence-electron chi connectivity index (χ2n) is 6.01. The van der Waals surface area contributed by atoms with Crippen molar-refractivity contribution in [3.8, 4) is 0 Å². The molecule has 21 heavy (non-hydrogen) atoms. The van der Waals surface area contributed by atoms with Gasteiger partial charge in [-0.1, -0.05) is 13.8 Å². The Morgan fingerprint density at radius 2 is 2.19 bits per heavy atom. The molecule has 2 heterocycles. The summed E-state index contributed by atoms with van der Waals surface area (Å²) in [6.07, 6.45) is 5.57. The number of aromatic carboxylic acids is 1. The summed E-state index contributed by atoms with van der Waals surface area (Å²) in [5.41, 5.74) is 0.330. The highest BCUT2D eigenvalue weighted by atomic mass is 16.4. The second-order valence-corrected chi connectivity index (χ2v) is 6.01. The number of amides is 1. The second kappa shape index (κ2) is 6.70. The van der Waals surface area contributed by atoms with E-state index in [4.69, 9.17) is 5.11 Å². The molecule has 1 atom stereocenters. The maximum Gasteiger partial charge on any atom is 0.354 e. The van der Waals surface area contributed by atoms with Gasteiger partial charge in [0.1, 0.15) is 5.69 Å². The van der Waals surface area contributed by atoms with E-state index in [-0.39, 0.29) is 17.6 Å². The Labute approximate surface area is 125 Å². The van der Waals surface area contributed by atoms with Gasteiger partial charge < -0.3 is 10.0 Å². The molecule has 0 aliphatic carbocycles. The highest BCUT2D eigenvalue weighted by Gasteiger charge is 2.28. The molecule has 0 radical (unpaired) electrons. The fourth-order valence-electron chi connectivity index (χ4n) is 2.90.